The van der Waals surface area contributed by atoms with E-state index in [9.17, 15) is 4.79 Å². The molecule has 2 saturated heterocycles. The highest BCUT2D eigenvalue weighted by atomic mass is 16.5. The topological polar surface area (TPSA) is 74.9 Å². The van der Waals surface area contributed by atoms with Crippen LogP contribution in [0, 0.1) is 0 Å². The van der Waals surface area contributed by atoms with Gasteiger partial charge in [-0.15, -0.1) is 0 Å². The summed E-state index contributed by atoms with van der Waals surface area (Å²) in [5.41, 5.74) is 0.0488. The van der Waals surface area contributed by atoms with Gasteiger partial charge in [0, 0.05) is 51.8 Å². The van der Waals surface area contributed by atoms with Crippen LogP contribution >= 0.6 is 0 Å². The van der Waals surface area contributed by atoms with Crippen LogP contribution < -0.4 is 0 Å². The lowest BCUT2D eigenvalue weighted by Gasteiger charge is -2.49. The van der Waals surface area contributed by atoms with Gasteiger partial charge in [-0.1, -0.05) is 5.16 Å². The Labute approximate surface area is 149 Å². The lowest BCUT2D eigenvalue weighted by molar-refractivity contribution is -0.130. The number of carbonyl (C=O) groups excluding carboxylic acids is 1. The molecule has 0 aromatic carbocycles. The molecule has 25 heavy (non-hydrogen) atoms. The fourth-order valence-electron chi connectivity index (χ4n) is 3.98. The number of ether oxygens (including phenoxy) is 1. The summed E-state index contributed by atoms with van der Waals surface area (Å²) in [6, 6.07) is 0. The molecule has 0 saturated carbocycles. The molecule has 8 nitrogen and oxygen atoms in total. The standard InChI is InChI=1S/C17H29N5O3/c1-4-22-8-7-17(6-5-16(22)23)13-21(10-9-20(17)2)11-15-18-14(12-24-3)19-25-15/h4-13H2,1-3H3. The Kier molecular flexibility index (Phi) is 5.71. The largest absolute Gasteiger partial charge is 0.377 e. The summed E-state index contributed by atoms with van der Waals surface area (Å²) in [7, 11) is 3.81. The Morgan fingerprint density at radius 2 is 2.12 bits per heavy atom. The van der Waals surface area contributed by atoms with E-state index in [4.69, 9.17) is 9.26 Å². The summed E-state index contributed by atoms with van der Waals surface area (Å²) in [4.78, 5) is 23.4. The maximum atomic E-state index is 12.3. The molecule has 0 N–H and O–H groups in total. The number of nitrogens with zero attached hydrogens (tertiary/aromatic N) is 5. The van der Waals surface area contributed by atoms with E-state index in [-0.39, 0.29) is 11.4 Å². The van der Waals surface area contributed by atoms with Crippen LogP contribution in [0.25, 0.3) is 0 Å². The Balaban J connectivity index is 1.67. The third-order valence-corrected chi connectivity index (χ3v) is 5.61. The second-order valence-electron chi connectivity index (χ2n) is 7.12. The second-order valence-corrected chi connectivity index (χ2v) is 7.12. The zero-order chi connectivity index (χ0) is 17.9. The number of carbonyl (C=O) groups is 1. The van der Waals surface area contributed by atoms with Gasteiger partial charge < -0.3 is 14.2 Å². The second kappa shape index (κ2) is 7.80. The van der Waals surface area contributed by atoms with E-state index in [2.05, 4.69) is 33.9 Å². The smallest absolute Gasteiger partial charge is 0.240 e. The van der Waals surface area contributed by atoms with Crippen molar-refractivity contribution >= 4 is 5.91 Å². The Bertz CT molecular complexity index is 593. The van der Waals surface area contributed by atoms with E-state index in [1.54, 1.807) is 7.11 Å². The van der Waals surface area contributed by atoms with Crippen molar-refractivity contribution in [2.24, 2.45) is 0 Å². The minimum Gasteiger partial charge on any atom is -0.377 e. The molecule has 1 amide bonds. The highest BCUT2D eigenvalue weighted by molar-refractivity contribution is 5.76. The van der Waals surface area contributed by atoms with Gasteiger partial charge in [-0.05, 0) is 26.8 Å². The summed E-state index contributed by atoms with van der Waals surface area (Å²) >= 11 is 0. The molecule has 0 bridgehead atoms. The number of hydrogen-bond acceptors (Lipinski definition) is 7. The van der Waals surface area contributed by atoms with E-state index in [1.165, 1.54) is 0 Å². The molecule has 0 aliphatic carbocycles. The van der Waals surface area contributed by atoms with Gasteiger partial charge in [0.15, 0.2) is 5.82 Å². The first-order valence-electron chi connectivity index (χ1n) is 9.08. The average Bonchev–Trinajstić information content (AvgIpc) is 2.97. The summed E-state index contributed by atoms with van der Waals surface area (Å²) < 4.78 is 10.4. The number of amides is 1. The molecule has 140 valence electrons. The number of likely N-dealkylation sites (N-methyl/N-ethyl adjacent to an activating group) is 1. The van der Waals surface area contributed by atoms with Gasteiger partial charge in [-0.25, -0.2) is 0 Å². The van der Waals surface area contributed by atoms with E-state index in [0.29, 0.717) is 31.3 Å². The highest BCUT2D eigenvalue weighted by Crippen LogP contribution is 2.32. The Morgan fingerprint density at radius 1 is 1.28 bits per heavy atom. The monoisotopic (exact) mass is 351 g/mol. The third-order valence-electron chi connectivity index (χ3n) is 5.61. The molecular formula is C17H29N5O3. The van der Waals surface area contributed by atoms with Crippen LogP contribution in [-0.4, -0.2) is 83.2 Å². The predicted molar refractivity (Wildman–Crippen MR) is 91.8 cm³/mol. The van der Waals surface area contributed by atoms with Gasteiger partial charge in [0.2, 0.25) is 11.8 Å². The number of methoxy groups -OCH3 is 1. The number of aromatic nitrogens is 2. The first-order chi connectivity index (χ1) is 12.1. The van der Waals surface area contributed by atoms with Gasteiger partial charge in [0.05, 0.1) is 6.54 Å². The van der Waals surface area contributed by atoms with Gasteiger partial charge in [0.25, 0.3) is 0 Å². The molecule has 2 aliphatic rings. The predicted octanol–water partition coefficient (Wildman–Crippen LogP) is 0.735. The number of hydrogen-bond donors (Lipinski definition) is 0. The molecule has 1 spiro atoms. The average molecular weight is 351 g/mol. The quantitative estimate of drug-likeness (QED) is 0.774. The summed E-state index contributed by atoms with van der Waals surface area (Å²) in [6.07, 6.45) is 2.55. The number of piperazine rings is 1. The Morgan fingerprint density at radius 3 is 2.88 bits per heavy atom. The molecule has 1 aromatic heterocycles. The summed E-state index contributed by atoms with van der Waals surface area (Å²) in [5.74, 6) is 1.50. The van der Waals surface area contributed by atoms with Crippen molar-refractivity contribution in [3.63, 3.8) is 0 Å². The highest BCUT2D eigenvalue weighted by Gasteiger charge is 2.42. The van der Waals surface area contributed by atoms with E-state index in [1.807, 2.05) is 4.90 Å². The van der Waals surface area contributed by atoms with Crippen molar-refractivity contribution in [3.8, 4) is 0 Å². The van der Waals surface area contributed by atoms with Gasteiger partial charge in [-0.2, -0.15) is 4.98 Å². The molecule has 3 heterocycles. The minimum atomic E-state index is 0.0488. The molecule has 1 atom stereocenters. The van der Waals surface area contributed by atoms with Crippen LogP contribution in [0.3, 0.4) is 0 Å². The van der Waals surface area contributed by atoms with Crippen LogP contribution in [-0.2, 0) is 22.7 Å². The molecule has 3 rings (SSSR count). The van der Waals surface area contributed by atoms with Crippen LogP contribution in [0.2, 0.25) is 0 Å². The normalized spacial score (nSPS) is 26.4. The van der Waals surface area contributed by atoms with E-state index < -0.39 is 0 Å². The summed E-state index contributed by atoms with van der Waals surface area (Å²) in [6.45, 7) is 7.59. The van der Waals surface area contributed by atoms with Gasteiger partial charge >= 0.3 is 0 Å². The maximum absolute atomic E-state index is 12.3. The molecule has 1 aromatic rings. The lowest BCUT2D eigenvalue weighted by atomic mass is 9.86. The van der Waals surface area contributed by atoms with Gasteiger partial charge in [-0.3, -0.25) is 14.6 Å². The zero-order valence-corrected chi connectivity index (χ0v) is 15.5. The third kappa shape index (κ3) is 4.02. The maximum Gasteiger partial charge on any atom is 0.240 e. The van der Waals surface area contributed by atoms with Crippen molar-refractivity contribution in [3.05, 3.63) is 11.7 Å². The zero-order valence-electron chi connectivity index (χ0n) is 15.5. The fraction of sp³-hybridized carbons (Fsp3) is 0.824. The van der Waals surface area contributed by atoms with Crippen LogP contribution in [0.5, 0.6) is 0 Å². The van der Waals surface area contributed by atoms with Gasteiger partial charge in [0.1, 0.15) is 6.61 Å². The van der Waals surface area contributed by atoms with E-state index >= 15 is 0 Å². The molecular weight excluding hydrogens is 322 g/mol. The number of rotatable bonds is 5. The number of likely N-dealkylation sites (tertiary alicyclic amines) is 1. The molecule has 2 fully saturated rings. The molecule has 2 aliphatic heterocycles. The van der Waals surface area contributed by atoms with E-state index in [0.717, 1.165) is 45.6 Å². The Hall–Kier alpha value is -1.51. The van der Waals surface area contributed by atoms with Crippen molar-refractivity contribution < 1.29 is 14.1 Å². The molecule has 1 unspecified atom stereocenters. The first kappa shape index (κ1) is 18.3. The summed E-state index contributed by atoms with van der Waals surface area (Å²) in [5, 5.41) is 3.94. The lowest BCUT2D eigenvalue weighted by Crippen LogP contribution is -2.60. The molecule has 0 radical (unpaired) electrons. The van der Waals surface area contributed by atoms with Crippen LogP contribution in [0.1, 0.15) is 37.9 Å². The minimum absolute atomic E-state index is 0.0488. The van der Waals surface area contributed by atoms with Crippen LogP contribution in [0.15, 0.2) is 4.52 Å². The van der Waals surface area contributed by atoms with Crippen LogP contribution in [0.4, 0.5) is 0 Å². The molecule has 8 heteroatoms. The van der Waals surface area contributed by atoms with Crippen molar-refractivity contribution in [1.29, 1.82) is 0 Å². The SMILES string of the molecule is CCN1CCC2(CCC1=O)CN(Cc1nc(COC)no1)CCN2C. The van der Waals surface area contributed by atoms with Crippen molar-refractivity contribution in [2.45, 2.75) is 44.9 Å². The first-order valence-corrected chi connectivity index (χ1v) is 9.08. The van der Waals surface area contributed by atoms with Crippen molar-refractivity contribution in [1.82, 2.24) is 24.8 Å². The fourth-order valence-corrected chi connectivity index (χ4v) is 3.98. The van der Waals surface area contributed by atoms with Crippen molar-refractivity contribution in [2.75, 3.05) is 46.9 Å².